The average molecular weight is 372 g/mol. The van der Waals surface area contributed by atoms with Gasteiger partial charge >= 0.3 is 0 Å². The van der Waals surface area contributed by atoms with Gasteiger partial charge in [0.1, 0.15) is 11.3 Å². The van der Waals surface area contributed by atoms with Crippen molar-refractivity contribution in [3.05, 3.63) is 46.8 Å². The summed E-state index contributed by atoms with van der Waals surface area (Å²) in [6, 6.07) is 7.46. The molecule has 0 saturated carbocycles. The minimum absolute atomic E-state index is 0.139. The molecule has 0 aliphatic rings. The van der Waals surface area contributed by atoms with Gasteiger partial charge in [-0.1, -0.05) is 31.1 Å². The fraction of sp³-hybridized carbons (Fsp3) is 0.450. The lowest BCUT2D eigenvalue weighted by Crippen LogP contribution is -2.42. The van der Waals surface area contributed by atoms with Crippen molar-refractivity contribution < 1.29 is 14.1 Å². The van der Waals surface area contributed by atoms with E-state index in [1.165, 1.54) is 6.92 Å². The molecule has 7 nitrogen and oxygen atoms in total. The summed E-state index contributed by atoms with van der Waals surface area (Å²) in [7, 11) is 0. The van der Waals surface area contributed by atoms with E-state index in [-0.39, 0.29) is 17.2 Å². The van der Waals surface area contributed by atoms with E-state index in [0.29, 0.717) is 42.3 Å². The Balaban J connectivity index is 2.33. The molecule has 1 heterocycles. The zero-order valence-corrected chi connectivity index (χ0v) is 16.6. The first kappa shape index (κ1) is 20.6. The van der Waals surface area contributed by atoms with Crippen molar-refractivity contribution in [3.63, 3.8) is 0 Å². The first-order chi connectivity index (χ1) is 12.6. The molecule has 0 spiro atoms. The summed E-state index contributed by atoms with van der Waals surface area (Å²) >= 11 is 0. The molecule has 0 atom stereocenters. The number of aromatic nitrogens is 1. The molecule has 3 N–H and O–H groups in total. The monoisotopic (exact) mass is 372 g/mol. The van der Waals surface area contributed by atoms with Crippen LogP contribution in [0, 0.1) is 19.3 Å². The Hall–Kier alpha value is -2.67. The number of anilines is 1. The van der Waals surface area contributed by atoms with E-state index in [1.54, 1.807) is 18.7 Å². The van der Waals surface area contributed by atoms with Gasteiger partial charge in [-0.05, 0) is 43.5 Å². The Morgan fingerprint density at radius 1 is 1.30 bits per heavy atom. The maximum atomic E-state index is 13.2. The fourth-order valence-electron chi connectivity index (χ4n) is 2.90. The lowest BCUT2D eigenvalue weighted by atomic mass is 9.92. The van der Waals surface area contributed by atoms with Crippen LogP contribution in [-0.4, -0.2) is 35.0 Å². The second-order valence-electron chi connectivity index (χ2n) is 7.61. The molecular weight excluding hydrogens is 344 g/mol. The highest BCUT2D eigenvalue weighted by atomic mass is 16.5. The normalized spacial score (nSPS) is 11.3. The first-order valence-corrected chi connectivity index (χ1v) is 8.91. The van der Waals surface area contributed by atoms with Crippen LogP contribution in [0.15, 0.2) is 28.8 Å². The number of carbonyl (C=O) groups excluding carboxylic acids is 2. The maximum absolute atomic E-state index is 13.2. The molecule has 2 rings (SSSR count). The molecule has 0 unspecified atom stereocenters. The van der Waals surface area contributed by atoms with E-state index < -0.39 is 0 Å². The van der Waals surface area contributed by atoms with Gasteiger partial charge in [-0.15, -0.1) is 0 Å². The topological polar surface area (TPSA) is 101 Å². The number of nitrogens with one attached hydrogen (secondary N) is 1. The van der Waals surface area contributed by atoms with Crippen molar-refractivity contribution >= 4 is 17.5 Å². The van der Waals surface area contributed by atoms with Crippen molar-refractivity contribution in [1.29, 1.82) is 0 Å². The van der Waals surface area contributed by atoms with Crippen LogP contribution in [0.3, 0.4) is 0 Å². The standard InChI is InChI=1S/C20H28N4O3/c1-13-18(14(2)27-23-13)19(26)24(12-20(4,5)11-21)10-16-7-6-8-17(9-16)22-15(3)25/h6-9H,10-12,21H2,1-5H3,(H,22,25). The van der Waals surface area contributed by atoms with Gasteiger partial charge in [-0.3, -0.25) is 9.59 Å². The quantitative estimate of drug-likeness (QED) is 0.778. The minimum Gasteiger partial charge on any atom is -0.361 e. The molecule has 0 bridgehead atoms. The predicted molar refractivity (Wildman–Crippen MR) is 104 cm³/mol. The zero-order valence-electron chi connectivity index (χ0n) is 16.6. The fourth-order valence-corrected chi connectivity index (χ4v) is 2.90. The smallest absolute Gasteiger partial charge is 0.259 e. The molecule has 0 aliphatic carbocycles. The van der Waals surface area contributed by atoms with Crippen LogP contribution in [-0.2, 0) is 11.3 Å². The van der Waals surface area contributed by atoms with E-state index in [0.717, 1.165) is 5.56 Å². The summed E-state index contributed by atoms with van der Waals surface area (Å²) in [4.78, 5) is 26.3. The summed E-state index contributed by atoms with van der Waals surface area (Å²) in [5.41, 5.74) is 8.31. The largest absolute Gasteiger partial charge is 0.361 e. The number of amides is 2. The molecule has 0 saturated heterocycles. The third-order valence-electron chi connectivity index (χ3n) is 4.33. The number of nitrogens with zero attached hydrogens (tertiary/aromatic N) is 2. The summed E-state index contributed by atoms with van der Waals surface area (Å²) in [5.74, 6) is 0.220. The van der Waals surface area contributed by atoms with E-state index in [4.69, 9.17) is 10.3 Å². The maximum Gasteiger partial charge on any atom is 0.259 e. The zero-order chi connectivity index (χ0) is 20.2. The van der Waals surface area contributed by atoms with E-state index >= 15 is 0 Å². The summed E-state index contributed by atoms with van der Waals surface area (Å²) in [6.45, 7) is 10.3. The second-order valence-corrected chi connectivity index (χ2v) is 7.61. The lowest BCUT2D eigenvalue weighted by Gasteiger charge is -2.32. The van der Waals surface area contributed by atoms with Crippen LogP contribution in [0.2, 0.25) is 0 Å². The molecule has 0 aliphatic heterocycles. The first-order valence-electron chi connectivity index (χ1n) is 8.91. The molecule has 0 fully saturated rings. The van der Waals surface area contributed by atoms with Crippen molar-refractivity contribution in [2.75, 3.05) is 18.4 Å². The molecule has 7 heteroatoms. The van der Waals surface area contributed by atoms with Gasteiger partial charge < -0.3 is 20.5 Å². The SMILES string of the molecule is CC(=O)Nc1cccc(CN(CC(C)(C)CN)C(=O)c2c(C)noc2C)c1. The van der Waals surface area contributed by atoms with Crippen LogP contribution in [0.1, 0.15) is 48.1 Å². The highest BCUT2D eigenvalue weighted by Gasteiger charge is 2.28. The highest BCUT2D eigenvalue weighted by molar-refractivity contribution is 5.96. The van der Waals surface area contributed by atoms with Gasteiger partial charge in [-0.2, -0.15) is 0 Å². The predicted octanol–water partition coefficient (Wildman–Crippen LogP) is 2.88. The molecule has 1 aromatic heterocycles. The summed E-state index contributed by atoms with van der Waals surface area (Å²) < 4.78 is 5.17. The number of nitrogens with two attached hydrogens (primary N) is 1. The Bertz CT molecular complexity index is 807. The van der Waals surface area contributed by atoms with E-state index in [2.05, 4.69) is 10.5 Å². The number of benzene rings is 1. The molecule has 146 valence electrons. The minimum atomic E-state index is -0.246. The summed E-state index contributed by atoms with van der Waals surface area (Å²) in [5, 5.41) is 6.66. The Morgan fingerprint density at radius 2 is 2.00 bits per heavy atom. The number of rotatable bonds is 7. The van der Waals surface area contributed by atoms with Gasteiger partial charge in [0.15, 0.2) is 0 Å². The molecule has 2 aromatic rings. The van der Waals surface area contributed by atoms with Gasteiger partial charge in [0.2, 0.25) is 5.91 Å². The van der Waals surface area contributed by atoms with E-state index in [1.807, 2.05) is 38.1 Å². The van der Waals surface area contributed by atoms with Gasteiger partial charge in [0.05, 0.1) is 5.69 Å². The van der Waals surface area contributed by atoms with Crippen molar-refractivity contribution in [3.8, 4) is 0 Å². The number of carbonyl (C=O) groups is 2. The lowest BCUT2D eigenvalue weighted by molar-refractivity contribution is -0.114. The van der Waals surface area contributed by atoms with Crippen LogP contribution in [0.25, 0.3) is 0 Å². The van der Waals surface area contributed by atoms with Crippen molar-refractivity contribution in [1.82, 2.24) is 10.1 Å². The van der Waals surface area contributed by atoms with Gasteiger partial charge in [0.25, 0.3) is 5.91 Å². The van der Waals surface area contributed by atoms with Gasteiger partial charge in [-0.25, -0.2) is 0 Å². The second kappa shape index (κ2) is 8.35. The van der Waals surface area contributed by atoms with Gasteiger partial charge in [0, 0.05) is 25.7 Å². The number of hydrogen-bond acceptors (Lipinski definition) is 5. The Labute approximate surface area is 159 Å². The van der Waals surface area contributed by atoms with Crippen molar-refractivity contribution in [2.45, 2.75) is 41.2 Å². The Kier molecular flexibility index (Phi) is 6.38. The summed E-state index contributed by atoms with van der Waals surface area (Å²) in [6.07, 6.45) is 0. The van der Waals surface area contributed by atoms with Crippen LogP contribution in [0.4, 0.5) is 5.69 Å². The van der Waals surface area contributed by atoms with Crippen molar-refractivity contribution in [2.24, 2.45) is 11.1 Å². The third kappa shape index (κ3) is 5.40. The van der Waals surface area contributed by atoms with Crippen LogP contribution < -0.4 is 11.1 Å². The average Bonchev–Trinajstić information content (AvgIpc) is 2.92. The molecule has 1 aromatic carbocycles. The number of aryl methyl sites for hydroxylation is 2. The van der Waals surface area contributed by atoms with E-state index in [9.17, 15) is 9.59 Å². The molecule has 2 amide bonds. The number of hydrogen-bond donors (Lipinski definition) is 2. The third-order valence-corrected chi connectivity index (χ3v) is 4.33. The molecule has 0 radical (unpaired) electrons. The molecule has 27 heavy (non-hydrogen) atoms. The molecular formula is C20H28N4O3. The van der Waals surface area contributed by atoms with Crippen LogP contribution >= 0.6 is 0 Å². The highest BCUT2D eigenvalue weighted by Crippen LogP contribution is 2.23. The van der Waals surface area contributed by atoms with Crippen LogP contribution in [0.5, 0.6) is 0 Å². The Morgan fingerprint density at radius 3 is 2.56 bits per heavy atom.